The van der Waals surface area contributed by atoms with Crippen LogP contribution in [0.4, 0.5) is 11.4 Å². The van der Waals surface area contributed by atoms with Gasteiger partial charge in [0.2, 0.25) is 11.8 Å². The van der Waals surface area contributed by atoms with Gasteiger partial charge >= 0.3 is 0 Å². The summed E-state index contributed by atoms with van der Waals surface area (Å²) in [6.45, 7) is 5.04. The third-order valence-electron chi connectivity index (χ3n) is 3.71. The number of carbonyl (C=O) groups is 2. The summed E-state index contributed by atoms with van der Waals surface area (Å²) in [5.41, 5.74) is 1.42. The minimum Gasteiger partial charge on any atom is -0.494 e. The fraction of sp³-hybridized carbons (Fsp3) is 0.333. The smallest absolute Gasteiger partial charge is 0.224 e. The van der Waals surface area contributed by atoms with Crippen molar-refractivity contribution in [3.63, 3.8) is 0 Å². The molecule has 6 heteroatoms. The molecule has 2 aromatic rings. The Hall–Kier alpha value is -3.02. The van der Waals surface area contributed by atoms with E-state index in [1.165, 1.54) is 0 Å². The molecule has 0 saturated heterocycles. The zero-order valence-electron chi connectivity index (χ0n) is 15.8. The molecule has 0 spiro atoms. The van der Waals surface area contributed by atoms with Crippen LogP contribution in [0, 0.1) is 0 Å². The van der Waals surface area contributed by atoms with E-state index in [9.17, 15) is 9.59 Å². The first-order chi connectivity index (χ1) is 13.1. The molecule has 0 saturated carbocycles. The van der Waals surface area contributed by atoms with Crippen LogP contribution in [-0.4, -0.2) is 25.0 Å². The van der Waals surface area contributed by atoms with Crippen molar-refractivity contribution in [2.24, 2.45) is 0 Å². The van der Waals surface area contributed by atoms with Crippen molar-refractivity contribution < 1.29 is 19.1 Å². The molecule has 0 fully saturated rings. The molecule has 0 atom stereocenters. The molecule has 0 aliphatic heterocycles. The molecule has 0 bridgehead atoms. The average molecular weight is 370 g/mol. The van der Waals surface area contributed by atoms with E-state index in [0.29, 0.717) is 31.0 Å². The first-order valence-electron chi connectivity index (χ1n) is 9.16. The molecular weight excluding hydrogens is 344 g/mol. The number of amides is 2. The summed E-state index contributed by atoms with van der Waals surface area (Å²) in [7, 11) is 0. The molecule has 0 aromatic heterocycles. The zero-order valence-corrected chi connectivity index (χ0v) is 15.8. The van der Waals surface area contributed by atoms with Crippen LogP contribution in [0.3, 0.4) is 0 Å². The third kappa shape index (κ3) is 7.40. The molecule has 0 heterocycles. The Morgan fingerprint density at radius 3 is 1.41 bits per heavy atom. The van der Waals surface area contributed by atoms with Gasteiger partial charge in [-0.25, -0.2) is 0 Å². The van der Waals surface area contributed by atoms with Gasteiger partial charge in [0, 0.05) is 24.2 Å². The number of ether oxygens (including phenoxy) is 2. The molecule has 0 aliphatic rings. The van der Waals surface area contributed by atoms with Gasteiger partial charge in [-0.05, 0) is 68.8 Å². The van der Waals surface area contributed by atoms with Crippen LogP contribution in [-0.2, 0) is 9.59 Å². The number of rotatable bonds is 10. The van der Waals surface area contributed by atoms with Gasteiger partial charge in [0.1, 0.15) is 11.5 Å². The van der Waals surface area contributed by atoms with E-state index in [-0.39, 0.29) is 24.7 Å². The number of benzene rings is 2. The Bertz CT molecular complexity index is 663. The van der Waals surface area contributed by atoms with E-state index in [0.717, 1.165) is 11.5 Å². The lowest BCUT2D eigenvalue weighted by molar-refractivity contribution is -0.117. The van der Waals surface area contributed by atoms with Crippen molar-refractivity contribution in [1.29, 1.82) is 0 Å². The van der Waals surface area contributed by atoms with Gasteiger partial charge in [-0.3, -0.25) is 9.59 Å². The highest BCUT2D eigenvalue weighted by Gasteiger charge is 2.07. The van der Waals surface area contributed by atoms with E-state index in [2.05, 4.69) is 10.6 Å². The standard InChI is InChI=1S/C21H26N2O4/c1-3-26-18-12-8-16(9-13-18)22-20(24)6-5-7-21(25)23-17-10-14-19(15-11-17)27-4-2/h8-15H,3-7H2,1-2H3,(H,22,24)(H,23,25). The summed E-state index contributed by atoms with van der Waals surface area (Å²) < 4.78 is 10.7. The number of hydrogen-bond donors (Lipinski definition) is 2. The molecule has 2 amide bonds. The Balaban J connectivity index is 1.68. The quantitative estimate of drug-likeness (QED) is 0.656. The van der Waals surface area contributed by atoms with Crippen LogP contribution < -0.4 is 20.1 Å². The van der Waals surface area contributed by atoms with Crippen molar-refractivity contribution in [3.8, 4) is 11.5 Å². The monoisotopic (exact) mass is 370 g/mol. The van der Waals surface area contributed by atoms with Gasteiger partial charge in [-0.1, -0.05) is 0 Å². The minimum atomic E-state index is -0.118. The van der Waals surface area contributed by atoms with E-state index in [1.807, 2.05) is 38.1 Å². The zero-order chi connectivity index (χ0) is 19.5. The maximum atomic E-state index is 12.0. The molecule has 144 valence electrons. The summed E-state index contributed by atoms with van der Waals surface area (Å²) in [5.74, 6) is 1.30. The van der Waals surface area contributed by atoms with Crippen LogP contribution in [0.2, 0.25) is 0 Å². The Morgan fingerprint density at radius 2 is 1.07 bits per heavy atom. The van der Waals surface area contributed by atoms with Gasteiger partial charge in [0.05, 0.1) is 13.2 Å². The summed E-state index contributed by atoms with van der Waals surface area (Å²) in [6, 6.07) is 14.4. The van der Waals surface area contributed by atoms with Crippen molar-refractivity contribution in [3.05, 3.63) is 48.5 Å². The van der Waals surface area contributed by atoms with Crippen molar-refractivity contribution in [2.45, 2.75) is 33.1 Å². The number of nitrogens with one attached hydrogen (secondary N) is 2. The highest BCUT2D eigenvalue weighted by atomic mass is 16.5. The number of carbonyl (C=O) groups excluding carboxylic acids is 2. The highest BCUT2D eigenvalue weighted by molar-refractivity contribution is 5.93. The lowest BCUT2D eigenvalue weighted by Gasteiger charge is -2.08. The topological polar surface area (TPSA) is 76.7 Å². The van der Waals surface area contributed by atoms with Crippen molar-refractivity contribution in [1.82, 2.24) is 0 Å². The van der Waals surface area contributed by atoms with Gasteiger partial charge in [-0.15, -0.1) is 0 Å². The van der Waals surface area contributed by atoms with Crippen LogP contribution in [0.25, 0.3) is 0 Å². The third-order valence-corrected chi connectivity index (χ3v) is 3.71. The predicted octanol–water partition coefficient (Wildman–Crippen LogP) is 4.23. The lowest BCUT2D eigenvalue weighted by Crippen LogP contribution is -2.14. The van der Waals surface area contributed by atoms with Crippen LogP contribution in [0.5, 0.6) is 11.5 Å². The molecule has 2 N–H and O–H groups in total. The van der Waals surface area contributed by atoms with Crippen molar-refractivity contribution in [2.75, 3.05) is 23.8 Å². The summed E-state index contributed by atoms with van der Waals surface area (Å²) in [4.78, 5) is 23.9. The molecular formula is C21H26N2O4. The van der Waals surface area contributed by atoms with Crippen molar-refractivity contribution >= 4 is 23.2 Å². The fourth-order valence-electron chi connectivity index (χ4n) is 2.46. The van der Waals surface area contributed by atoms with Gasteiger partial charge < -0.3 is 20.1 Å². The summed E-state index contributed by atoms with van der Waals surface area (Å²) >= 11 is 0. The maximum Gasteiger partial charge on any atom is 0.224 e. The molecule has 0 unspecified atom stereocenters. The second-order valence-corrected chi connectivity index (χ2v) is 5.86. The molecule has 27 heavy (non-hydrogen) atoms. The maximum absolute atomic E-state index is 12.0. The van der Waals surface area contributed by atoms with E-state index >= 15 is 0 Å². The van der Waals surface area contributed by atoms with Gasteiger partial charge in [0.15, 0.2) is 0 Å². The average Bonchev–Trinajstić information content (AvgIpc) is 2.65. The van der Waals surface area contributed by atoms with Gasteiger partial charge in [-0.2, -0.15) is 0 Å². The second-order valence-electron chi connectivity index (χ2n) is 5.86. The molecule has 0 radical (unpaired) electrons. The molecule has 2 rings (SSSR count). The summed E-state index contributed by atoms with van der Waals surface area (Å²) in [5, 5.41) is 5.63. The largest absolute Gasteiger partial charge is 0.494 e. The van der Waals surface area contributed by atoms with E-state index in [4.69, 9.17) is 9.47 Å². The minimum absolute atomic E-state index is 0.118. The SMILES string of the molecule is CCOc1ccc(NC(=O)CCCC(=O)Nc2ccc(OCC)cc2)cc1. The van der Waals surface area contributed by atoms with Gasteiger partial charge in [0.25, 0.3) is 0 Å². The van der Waals surface area contributed by atoms with E-state index < -0.39 is 0 Å². The first kappa shape index (κ1) is 20.3. The predicted molar refractivity (Wildman–Crippen MR) is 106 cm³/mol. The Kier molecular flexibility index (Phi) is 8.16. The van der Waals surface area contributed by atoms with Crippen LogP contribution in [0.15, 0.2) is 48.5 Å². The molecule has 2 aromatic carbocycles. The highest BCUT2D eigenvalue weighted by Crippen LogP contribution is 2.17. The fourth-order valence-corrected chi connectivity index (χ4v) is 2.46. The molecule has 0 aliphatic carbocycles. The number of hydrogen-bond acceptors (Lipinski definition) is 4. The second kappa shape index (κ2) is 10.9. The number of anilines is 2. The molecule has 6 nitrogen and oxygen atoms in total. The first-order valence-corrected chi connectivity index (χ1v) is 9.16. The van der Waals surface area contributed by atoms with Crippen LogP contribution >= 0.6 is 0 Å². The lowest BCUT2D eigenvalue weighted by atomic mass is 10.2. The van der Waals surface area contributed by atoms with Crippen LogP contribution in [0.1, 0.15) is 33.1 Å². The normalized spacial score (nSPS) is 10.1. The Morgan fingerprint density at radius 1 is 0.704 bits per heavy atom. The van der Waals surface area contributed by atoms with E-state index in [1.54, 1.807) is 24.3 Å². The summed E-state index contributed by atoms with van der Waals surface area (Å²) in [6.07, 6.45) is 1.04. The Labute approximate surface area is 159 Å².